The van der Waals surface area contributed by atoms with Gasteiger partial charge in [0.15, 0.2) is 5.79 Å². The average molecular weight is 224 g/mol. The monoisotopic (exact) mass is 224 g/mol. The summed E-state index contributed by atoms with van der Waals surface area (Å²) in [5.41, 5.74) is 0. The molecule has 1 aliphatic rings. The summed E-state index contributed by atoms with van der Waals surface area (Å²) in [7, 11) is 0. The number of ether oxygens (including phenoxy) is 3. The predicted molar refractivity (Wildman–Crippen MR) is 58.5 cm³/mol. The third kappa shape index (κ3) is 2.87. The summed E-state index contributed by atoms with van der Waals surface area (Å²) in [6.45, 7) is 4.76. The van der Waals surface area contributed by atoms with E-state index in [-0.39, 0.29) is 11.9 Å². The van der Waals surface area contributed by atoms with E-state index in [1.54, 1.807) is 24.3 Å². The molecule has 4 nitrogen and oxygen atoms in total. The van der Waals surface area contributed by atoms with Gasteiger partial charge in [0.1, 0.15) is 24.2 Å². The van der Waals surface area contributed by atoms with Gasteiger partial charge in [-0.05, 0) is 38.1 Å². The highest BCUT2D eigenvalue weighted by Crippen LogP contribution is 2.23. The Morgan fingerprint density at radius 1 is 1.38 bits per heavy atom. The van der Waals surface area contributed by atoms with Crippen LogP contribution in [0.3, 0.4) is 0 Å². The van der Waals surface area contributed by atoms with Gasteiger partial charge in [-0.2, -0.15) is 0 Å². The van der Waals surface area contributed by atoms with Crippen LogP contribution in [0, 0.1) is 0 Å². The highest BCUT2D eigenvalue weighted by molar-refractivity contribution is 5.30. The molecular formula is C12H16O4. The number of hydrogen-bond acceptors (Lipinski definition) is 4. The van der Waals surface area contributed by atoms with Crippen molar-refractivity contribution >= 4 is 0 Å². The fraction of sp³-hybridized carbons (Fsp3) is 0.500. The van der Waals surface area contributed by atoms with Gasteiger partial charge in [-0.25, -0.2) is 0 Å². The van der Waals surface area contributed by atoms with Crippen molar-refractivity contribution in [2.24, 2.45) is 0 Å². The Balaban J connectivity index is 1.82. The third-order valence-corrected chi connectivity index (χ3v) is 2.34. The molecule has 1 heterocycles. The van der Waals surface area contributed by atoms with Crippen LogP contribution < -0.4 is 4.74 Å². The van der Waals surface area contributed by atoms with Crippen molar-refractivity contribution in [1.29, 1.82) is 0 Å². The van der Waals surface area contributed by atoms with E-state index in [4.69, 9.17) is 19.3 Å². The summed E-state index contributed by atoms with van der Waals surface area (Å²) in [4.78, 5) is 0. The Morgan fingerprint density at radius 2 is 2.06 bits per heavy atom. The molecule has 1 aromatic rings. The minimum Gasteiger partial charge on any atom is -0.508 e. The topological polar surface area (TPSA) is 47.9 Å². The Labute approximate surface area is 94.8 Å². The van der Waals surface area contributed by atoms with Gasteiger partial charge in [-0.1, -0.05) is 0 Å². The van der Waals surface area contributed by atoms with Crippen LogP contribution in [0.25, 0.3) is 0 Å². The molecule has 16 heavy (non-hydrogen) atoms. The summed E-state index contributed by atoms with van der Waals surface area (Å²) >= 11 is 0. The van der Waals surface area contributed by atoms with Crippen molar-refractivity contribution in [2.75, 3.05) is 13.2 Å². The quantitative estimate of drug-likeness (QED) is 0.852. The van der Waals surface area contributed by atoms with E-state index in [1.165, 1.54) is 0 Å². The molecule has 0 aromatic heterocycles. The van der Waals surface area contributed by atoms with E-state index in [2.05, 4.69) is 0 Å². The van der Waals surface area contributed by atoms with E-state index in [9.17, 15) is 0 Å². The Kier molecular flexibility index (Phi) is 3.03. The van der Waals surface area contributed by atoms with Crippen LogP contribution in [-0.2, 0) is 9.47 Å². The number of phenols is 1. The summed E-state index contributed by atoms with van der Waals surface area (Å²) in [6, 6.07) is 6.61. The molecule has 1 aromatic carbocycles. The molecule has 0 bridgehead atoms. The maximum atomic E-state index is 9.10. The van der Waals surface area contributed by atoms with Crippen LogP contribution in [-0.4, -0.2) is 30.2 Å². The zero-order valence-electron chi connectivity index (χ0n) is 9.47. The van der Waals surface area contributed by atoms with Crippen molar-refractivity contribution in [3.05, 3.63) is 24.3 Å². The predicted octanol–water partition coefficient (Wildman–Crippen LogP) is 1.92. The first kappa shape index (κ1) is 11.2. The minimum atomic E-state index is -0.511. The first-order valence-corrected chi connectivity index (χ1v) is 5.29. The van der Waals surface area contributed by atoms with Crippen molar-refractivity contribution in [3.63, 3.8) is 0 Å². The van der Waals surface area contributed by atoms with Crippen LogP contribution in [0.2, 0.25) is 0 Å². The second-order valence-electron chi connectivity index (χ2n) is 4.26. The van der Waals surface area contributed by atoms with Crippen LogP contribution in [0.5, 0.6) is 11.5 Å². The van der Waals surface area contributed by atoms with Gasteiger partial charge >= 0.3 is 0 Å². The Bertz CT molecular complexity index is 345. The zero-order chi connectivity index (χ0) is 11.6. The zero-order valence-corrected chi connectivity index (χ0v) is 9.47. The van der Waals surface area contributed by atoms with Crippen molar-refractivity contribution in [3.8, 4) is 11.5 Å². The van der Waals surface area contributed by atoms with E-state index in [0.717, 1.165) is 0 Å². The Morgan fingerprint density at radius 3 is 2.62 bits per heavy atom. The summed E-state index contributed by atoms with van der Waals surface area (Å²) in [5, 5.41) is 9.10. The molecule has 1 atom stereocenters. The molecule has 1 fully saturated rings. The lowest BCUT2D eigenvalue weighted by molar-refractivity contribution is -0.141. The van der Waals surface area contributed by atoms with Gasteiger partial charge < -0.3 is 19.3 Å². The number of phenolic OH excluding ortho intramolecular Hbond substituents is 1. The molecule has 1 saturated heterocycles. The first-order chi connectivity index (χ1) is 7.55. The summed E-state index contributed by atoms with van der Waals surface area (Å²) in [5.74, 6) is 0.434. The largest absolute Gasteiger partial charge is 0.508 e. The lowest BCUT2D eigenvalue weighted by atomic mass is 10.3. The molecule has 4 heteroatoms. The highest BCUT2D eigenvalue weighted by Gasteiger charge is 2.32. The number of rotatable bonds is 3. The second-order valence-corrected chi connectivity index (χ2v) is 4.26. The lowest BCUT2D eigenvalue weighted by Crippen LogP contribution is -2.25. The molecule has 88 valence electrons. The van der Waals surface area contributed by atoms with Crippen molar-refractivity contribution < 1.29 is 19.3 Å². The van der Waals surface area contributed by atoms with E-state index < -0.39 is 5.79 Å². The van der Waals surface area contributed by atoms with E-state index in [0.29, 0.717) is 19.0 Å². The van der Waals surface area contributed by atoms with Crippen LogP contribution in [0.15, 0.2) is 24.3 Å². The molecule has 1 N–H and O–H groups in total. The summed E-state index contributed by atoms with van der Waals surface area (Å²) in [6.07, 6.45) is -0.0381. The molecule has 1 aliphatic heterocycles. The summed E-state index contributed by atoms with van der Waals surface area (Å²) < 4.78 is 16.5. The smallest absolute Gasteiger partial charge is 0.163 e. The molecule has 0 radical (unpaired) electrons. The van der Waals surface area contributed by atoms with Gasteiger partial charge in [0.25, 0.3) is 0 Å². The minimum absolute atomic E-state index is 0.0381. The van der Waals surface area contributed by atoms with Gasteiger partial charge in [-0.3, -0.25) is 0 Å². The van der Waals surface area contributed by atoms with Gasteiger partial charge in [-0.15, -0.1) is 0 Å². The normalized spacial score (nSPS) is 23.2. The van der Waals surface area contributed by atoms with Crippen LogP contribution in [0.4, 0.5) is 0 Å². The first-order valence-electron chi connectivity index (χ1n) is 5.29. The number of hydrogen-bond donors (Lipinski definition) is 1. The molecule has 0 aliphatic carbocycles. The van der Waals surface area contributed by atoms with Crippen molar-refractivity contribution in [1.82, 2.24) is 0 Å². The molecule has 0 saturated carbocycles. The molecule has 0 amide bonds. The molecule has 1 unspecified atom stereocenters. The Hall–Kier alpha value is -1.26. The lowest BCUT2D eigenvalue weighted by Gasteiger charge is -2.17. The molecule has 2 rings (SSSR count). The third-order valence-electron chi connectivity index (χ3n) is 2.34. The fourth-order valence-electron chi connectivity index (χ4n) is 1.58. The maximum Gasteiger partial charge on any atom is 0.163 e. The number of aromatic hydroxyl groups is 1. The van der Waals surface area contributed by atoms with E-state index >= 15 is 0 Å². The van der Waals surface area contributed by atoms with Crippen LogP contribution >= 0.6 is 0 Å². The van der Waals surface area contributed by atoms with Gasteiger partial charge in [0, 0.05) is 0 Å². The fourth-order valence-corrected chi connectivity index (χ4v) is 1.58. The van der Waals surface area contributed by atoms with Crippen molar-refractivity contribution in [2.45, 2.75) is 25.7 Å². The highest BCUT2D eigenvalue weighted by atomic mass is 16.7. The SMILES string of the molecule is CC1(C)OCC(COc2ccc(O)cc2)O1. The van der Waals surface area contributed by atoms with E-state index in [1.807, 2.05) is 13.8 Å². The van der Waals surface area contributed by atoms with Gasteiger partial charge in [0.05, 0.1) is 6.61 Å². The maximum absolute atomic E-state index is 9.10. The van der Waals surface area contributed by atoms with Crippen LogP contribution in [0.1, 0.15) is 13.8 Å². The second kappa shape index (κ2) is 4.31. The van der Waals surface area contributed by atoms with Gasteiger partial charge in [0.2, 0.25) is 0 Å². The standard InChI is InChI=1S/C12H16O4/c1-12(2)15-8-11(16-12)7-14-10-5-3-9(13)4-6-10/h3-6,11,13H,7-8H2,1-2H3. The molecular weight excluding hydrogens is 208 g/mol. The number of benzene rings is 1. The average Bonchev–Trinajstić information content (AvgIpc) is 2.58. The molecule has 0 spiro atoms.